The van der Waals surface area contributed by atoms with Crippen LogP contribution in [0.2, 0.25) is 5.02 Å². The van der Waals surface area contributed by atoms with Crippen LogP contribution in [0.4, 0.5) is 11.4 Å². The Kier molecular flexibility index (Phi) is 5.49. The summed E-state index contributed by atoms with van der Waals surface area (Å²) in [5, 5.41) is 3.27. The molecule has 6 rings (SSSR count). The highest BCUT2D eigenvalue weighted by Gasteiger charge is 2.51. The lowest BCUT2D eigenvalue weighted by molar-refractivity contribution is -0.114. The molecule has 0 saturated heterocycles. The van der Waals surface area contributed by atoms with E-state index in [0.29, 0.717) is 21.8 Å². The Bertz CT molecular complexity index is 1090. The van der Waals surface area contributed by atoms with Gasteiger partial charge >= 0.3 is 0 Å². The van der Waals surface area contributed by atoms with Crippen LogP contribution >= 0.6 is 11.6 Å². The van der Waals surface area contributed by atoms with Crippen molar-refractivity contribution in [2.75, 3.05) is 22.4 Å². The van der Waals surface area contributed by atoms with Crippen molar-refractivity contribution in [3.05, 3.63) is 59.1 Å². The van der Waals surface area contributed by atoms with Gasteiger partial charge < -0.3 is 5.32 Å². The molecule has 170 valence electrons. The minimum Gasteiger partial charge on any atom is -0.325 e. The number of amides is 1. The Morgan fingerprint density at radius 2 is 1.62 bits per heavy atom. The molecule has 0 unspecified atom stereocenters. The number of hydrogen-bond donors (Lipinski definition) is 1. The number of halogens is 1. The van der Waals surface area contributed by atoms with E-state index in [0.717, 1.165) is 28.3 Å². The van der Waals surface area contributed by atoms with Crippen LogP contribution in [-0.2, 0) is 20.2 Å². The molecule has 0 atom stereocenters. The van der Waals surface area contributed by atoms with Crippen molar-refractivity contribution in [2.24, 2.45) is 17.8 Å². The fraction of sp³-hybridized carbons (Fsp3) is 0.480. The van der Waals surface area contributed by atoms with Gasteiger partial charge in [0.05, 0.1) is 11.9 Å². The Balaban J connectivity index is 1.29. The first-order valence-electron chi connectivity index (χ1n) is 11.3. The number of sulfonamides is 1. The molecule has 32 heavy (non-hydrogen) atoms. The molecule has 5 nitrogen and oxygen atoms in total. The van der Waals surface area contributed by atoms with Crippen molar-refractivity contribution in [2.45, 2.75) is 43.9 Å². The number of nitrogens with one attached hydrogen (secondary N) is 1. The maximum atomic E-state index is 12.7. The van der Waals surface area contributed by atoms with E-state index in [9.17, 15) is 13.2 Å². The highest BCUT2D eigenvalue weighted by atomic mass is 35.5. The SMILES string of the molecule is CS(=O)(=O)N(CC(=O)Nc1ccc(C23CC4CC(CC(C4)C2)C3)cc1)c1cccc(Cl)c1. The van der Waals surface area contributed by atoms with Crippen LogP contribution in [-0.4, -0.2) is 27.1 Å². The Labute approximate surface area is 195 Å². The van der Waals surface area contributed by atoms with E-state index in [1.54, 1.807) is 18.2 Å². The summed E-state index contributed by atoms with van der Waals surface area (Å²) < 4.78 is 25.6. The van der Waals surface area contributed by atoms with Crippen molar-refractivity contribution < 1.29 is 13.2 Å². The van der Waals surface area contributed by atoms with E-state index in [1.807, 2.05) is 12.1 Å². The topological polar surface area (TPSA) is 66.5 Å². The first-order chi connectivity index (χ1) is 15.2. The third kappa shape index (κ3) is 4.27. The van der Waals surface area contributed by atoms with Gasteiger partial charge in [-0.25, -0.2) is 8.42 Å². The second-order valence-electron chi connectivity index (χ2n) is 10.1. The number of nitrogens with zero attached hydrogens (tertiary/aromatic N) is 1. The molecule has 7 heteroatoms. The van der Waals surface area contributed by atoms with Crippen LogP contribution in [0, 0.1) is 17.8 Å². The lowest BCUT2D eigenvalue weighted by Gasteiger charge is -2.57. The molecule has 0 spiro atoms. The molecule has 4 saturated carbocycles. The summed E-state index contributed by atoms with van der Waals surface area (Å²) in [6.45, 7) is -0.310. The first-order valence-corrected chi connectivity index (χ1v) is 13.6. The van der Waals surface area contributed by atoms with Gasteiger partial charge in [0.1, 0.15) is 6.54 Å². The number of hydrogen-bond acceptors (Lipinski definition) is 3. The van der Waals surface area contributed by atoms with Gasteiger partial charge in [-0.05, 0) is 97.6 Å². The predicted molar refractivity (Wildman–Crippen MR) is 129 cm³/mol. The summed E-state index contributed by atoms with van der Waals surface area (Å²) in [4.78, 5) is 12.7. The molecule has 4 fully saturated rings. The Morgan fingerprint density at radius 3 is 2.16 bits per heavy atom. The molecule has 4 bridgehead atoms. The van der Waals surface area contributed by atoms with Gasteiger partial charge in [0.2, 0.25) is 15.9 Å². The Hall–Kier alpha value is -2.05. The number of benzene rings is 2. The van der Waals surface area contributed by atoms with Crippen molar-refractivity contribution in [1.29, 1.82) is 0 Å². The predicted octanol–water partition coefficient (Wildman–Crippen LogP) is 5.21. The molecule has 0 aliphatic heterocycles. The number of carbonyl (C=O) groups is 1. The van der Waals surface area contributed by atoms with Crippen molar-refractivity contribution in [1.82, 2.24) is 0 Å². The maximum absolute atomic E-state index is 12.7. The average molecular weight is 473 g/mol. The summed E-state index contributed by atoms with van der Waals surface area (Å²) in [6.07, 6.45) is 9.22. The smallest absolute Gasteiger partial charge is 0.245 e. The normalized spacial score (nSPS) is 28.5. The number of rotatable bonds is 6. The van der Waals surface area contributed by atoms with E-state index in [4.69, 9.17) is 11.6 Å². The summed E-state index contributed by atoms with van der Waals surface area (Å²) in [7, 11) is -3.64. The maximum Gasteiger partial charge on any atom is 0.245 e. The first kappa shape index (κ1) is 21.8. The lowest BCUT2D eigenvalue weighted by Crippen LogP contribution is -2.48. The number of anilines is 2. The molecule has 0 radical (unpaired) electrons. The standard InChI is InChI=1S/C25H29ClN2O3S/c1-32(30,31)28(23-4-2-3-21(26)12-23)16-24(29)27-22-7-5-20(6-8-22)25-13-17-9-18(14-25)11-19(10-17)15-25/h2-8,12,17-19H,9-11,13-16H2,1H3,(H,27,29). The van der Waals surface area contributed by atoms with Crippen molar-refractivity contribution in [3.63, 3.8) is 0 Å². The van der Waals surface area contributed by atoms with Gasteiger partial charge in [0.25, 0.3) is 0 Å². The largest absolute Gasteiger partial charge is 0.325 e. The van der Waals surface area contributed by atoms with Crippen molar-refractivity contribution >= 4 is 38.9 Å². The molecule has 4 aliphatic carbocycles. The van der Waals surface area contributed by atoms with Gasteiger partial charge in [-0.1, -0.05) is 29.8 Å². The zero-order chi connectivity index (χ0) is 22.5. The van der Waals surface area contributed by atoms with Crippen molar-refractivity contribution in [3.8, 4) is 0 Å². The van der Waals surface area contributed by atoms with Crippen LogP contribution in [0.3, 0.4) is 0 Å². The molecular formula is C25H29ClN2O3S. The molecule has 1 N–H and O–H groups in total. The van der Waals surface area contributed by atoms with E-state index < -0.39 is 15.9 Å². The summed E-state index contributed by atoms with van der Waals surface area (Å²) >= 11 is 6.01. The second-order valence-corrected chi connectivity index (χ2v) is 12.4. The highest BCUT2D eigenvalue weighted by molar-refractivity contribution is 7.92. The summed E-state index contributed by atoms with van der Waals surface area (Å²) in [5.74, 6) is 2.26. The summed E-state index contributed by atoms with van der Waals surface area (Å²) in [5.41, 5.74) is 2.76. The molecule has 4 aliphatic rings. The van der Waals surface area contributed by atoms with E-state index in [-0.39, 0.29) is 6.54 Å². The van der Waals surface area contributed by atoms with Crippen LogP contribution in [0.5, 0.6) is 0 Å². The third-order valence-electron chi connectivity index (χ3n) is 7.60. The second kappa shape index (κ2) is 8.07. The van der Waals surface area contributed by atoms with E-state index >= 15 is 0 Å². The fourth-order valence-electron chi connectivity index (χ4n) is 6.73. The zero-order valence-electron chi connectivity index (χ0n) is 18.3. The highest BCUT2D eigenvalue weighted by Crippen LogP contribution is 2.60. The van der Waals surface area contributed by atoms with Crippen LogP contribution in [0.1, 0.15) is 44.1 Å². The molecule has 0 aromatic heterocycles. The molecule has 2 aromatic rings. The Morgan fingerprint density at radius 1 is 1.03 bits per heavy atom. The van der Waals surface area contributed by atoms with Crippen LogP contribution < -0.4 is 9.62 Å². The lowest BCUT2D eigenvalue weighted by atomic mass is 9.48. The third-order valence-corrected chi connectivity index (χ3v) is 8.98. The summed E-state index contributed by atoms with van der Waals surface area (Å²) in [6, 6.07) is 14.7. The van der Waals surface area contributed by atoms with Gasteiger partial charge in [0, 0.05) is 10.7 Å². The van der Waals surface area contributed by atoms with Gasteiger partial charge in [-0.3, -0.25) is 9.10 Å². The monoisotopic (exact) mass is 472 g/mol. The fourth-order valence-corrected chi connectivity index (χ4v) is 7.77. The minimum absolute atomic E-state index is 0.310. The van der Waals surface area contributed by atoms with E-state index in [2.05, 4.69) is 17.4 Å². The van der Waals surface area contributed by atoms with E-state index in [1.165, 1.54) is 50.2 Å². The quantitative estimate of drug-likeness (QED) is 0.627. The average Bonchev–Trinajstić information content (AvgIpc) is 2.71. The van der Waals surface area contributed by atoms with Gasteiger partial charge in [0.15, 0.2) is 0 Å². The minimum atomic E-state index is -3.64. The molecule has 2 aromatic carbocycles. The molecule has 1 amide bonds. The van der Waals surface area contributed by atoms with Crippen LogP contribution in [0.25, 0.3) is 0 Å². The molecular weight excluding hydrogens is 444 g/mol. The van der Waals surface area contributed by atoms with Gasteiger partial charge in [-0.2, -0.15) is 0 Å². The molecule has 0 heterocycles. The number of carbonyl (C=O) groups excluding carboxylic acids is 1. The van der Waals surface area contributed by atoms with Crippen LogP contribution in [0.15, 0.2) is 48.5 Å². The van der Waals surface area contributed by atoms with Gasteiger partial charge in [-0.15, -0.1) is 0 Å². The zero-order valence-corrected chi connectivity index (χ0v) is 19.8.